The number of nitrogens with zero attached hydrogens (tertiary/aromatic N) is 5. The molecule has 35 heavy (non-hydrogen) atoms. The van der Waals surface area contributed by atoms with Gasteiger partial charge in [-0.2, -0.15) is 0 Å². The number of nitro benzene ring substituents is 1. The van der Waals surface area contributed by atoms with Crippen LogP contribution in [0.2, 0.25) is 5.02 Å². The molecule has 9 nitrogen and oxygen atoms in total. The van der Waals surface area contributed by atoms with Crippen molar-refractivity contribution >= 4 is 29.2 Å². The molecule has 2 aromatic carbocycles. The molecule has 1 aliphatic rings. The molecule has 1 atom stereocenters. The summed E-state index contributed by atoms with van der Waals surface area (Å²) in [7, 11) is 0. The highest BCUT2D eigenvalue weighted by atomic mass is 35.5. The number of non-ortho nitro benzene ring substituents is 1. The highest BCUT2D eigenvalue weighted by Gasteiger charge is 2.41. The minimum Gasteiger partial charge on any atom is -0.333 e. The quantitative estimate of drug-likeness (QED) is 0.334. The van der Waals surface area contributed by atoms with Gasteiger partial charge in [0.1, 0.15) is 0 Å². The summed E-state index contributed by atoms with van der Waals surface area (Å²) in [6.07, 6.45) is 4.23. The van der Waals surface area contributed by atoms with E-state index in [4.69, 9.17) is 11.6 Å². The Hall–Kier alpha value is -3.72. The third-order valence-electron chi connectivity index (χ3n) is 5.85. The summed E-state index contributed by atoms with van der Waals surface area (Å²) >= 11 is 6.16. The average molecular weight is 496 g/mol. The van der Waals surface area contributed by atoms with E-state index in [1.807, 2.05) is 54.9 Å². The number of hydrogen-bond donors (Lipinski definition) is 0. The Labute approximate surface area is 208 Å². The third-order valence-corrected chi connectivity index (χ3v) is 6.16. The van der Waals surface area contributed by atoms with E-state index < -0.39 is 16.9 Å². The fourth-order valence-corrected chi connectivity index (χ4v) is 4.49. The Morgan fingerprint density at radius 1 is 1.23 bits per heavy atom. The lowest BCUT2D eigenvalue weighted by molar-refractivity contribution is -0.384. The summed E-state index contributed by atoms with van der Waals surface area (Å²) in [4.78, 5) is 44.2. The Morgan fingerprint density at radius 2 is 1.97 bits per heavy atom. The van der Waals surface area contributed by atoms with Gasteiger partial charge in [0.2, 0.25) is 0 Å². The van der Waals surface area contributed by atoms with Gasteiger partial charge in [0.05, 0.1) is 40.1 Å². The van der Waals surface area contributed by atoms with Crippen LogP contribution in [0.25, 0.3) is 0 Å². The number of halogens is 1. The second-order valence-electron chi connectivity index (χ2n) is 9.05. The van der Waals surface area contributed by atoms with E-state index in [1.54, 1.807) is 11.2 Å². The maximum absolute atomic E-state index is 13.2. The van der Waals surface area contributed by atoms with Crippen molar-refractivity contribution in [2.45, 2.75) is 32.9 Å². The van der Waals surface area contributed by atoms with Crippen molar-refractivity contribution in [3.8, 4) is 0 Å². The Balaban J connectivity index is 1.52. The average Bonchev–Trinajstić information content (AvgIpc) is 3.38. The summed E-state index contributed by atoms with van der Waals surface area (Å²) in [6.45, 7) is 5.39. The first-order valence-corrected chi connectivity index (χ1v) is 11.7. The van der Waals surface area contributed by atoms with Gasteiger partial charge in [-0.05, 0) is 17.5 Å². The molecule has 0 aliphatic carbocycles. The van der Waals surface area contributed by atoms with Gasteiger partial charge in [0.15, 0.2) is 0 Å². The number of rotatable bonds is 8. The smallest absolute Gasteiger partial charge is 0.327 e. The fourth-order valence-electron chi connectivity index (χ4n) is 4.23. The van der Waals surface area contributed by atoms with E-state index in [9.17, 15) is 19.7 Å². The van der Waals surface area contributed by atoms with Gasteiger partial charge >= 0.3 is 6.03 Å². The SMILES string of the molecule is CC(C)CN1C(=O)N(C(=O)c2ccc([N+](=O)[O-])cc2Cl)C[C@@H]1Cc1cn(Cc2ccccc2)cn1. The summed E-state index contributed by atoms with van der Waals surface area (Å²) in [5, 5.41) is 10.9. The molecule has 0 bridgehead atoms. The Bertz CT molecular complexity index is 1240. The van der Waals surface area contributed by atoms with E-state index >= 15 is 0 Å². The highest BCUT2D eigenvalue weighted by molar-refractivity contribution is 6.34. The molecule has 0 unspecified atom stereocenters. The monoisotopic (exact) mass is 495 g/mol. The first-order chi connectivity index (χ1) is 16.7. The molecule has 10 heteroatoms. The van der Waals surface area contributed by atoms with E-state index in [0.29, 0.717) is 19.5 Å². The van der Waals surface area contributed by atoms with Gasteiger partial charge in [0.25, 0.3) is 11.6 Å². The van der Waals surface area contributed by atoms with Crippen LogP contribution in [0.5, 0.6) is 0 Å². The standard InChI is InChI=1S/C25H26ClN5O4/c1-17(2)12-29-21(10-19-14-28(16-27-19)13-18-6-4-3-5-7-18)15-30(25(29)33)24(32)22-9-8-20(31(34)35)11-23(22)26/h3-9,11,14,16-17,21H,10,12-13,15H2,1-2H3/t21-/m0/s1. The zero-order valence-electron chi connectivity index (χ0n) is 19.5. The molecule has 0 saturated carbocycles. The summed E-state index contributed by atoms with van der Waals surface area (Å²) in [6, 6.07) is 13.0. The van der Waals surface area contributed by atoms with Crippen molar-refractivity contribution < 1.29 is 14.5 Å². The van der Waals surface area contributed by atoms with E-state index in [0.717, 1.165) is 17.3 Å². The van der Waals surface area contributed by atoms with Crippen LogP contribution in [0.15, 0.2) is 61.1 Å². The van der Waals surface area contributed by atoms with Crippen LogP contribution in [0.3, 0.4) is 0 Å². The fraction of sp³-hybridized carbons (Fsp3) is 0.320. The van der Waals surface area contributed by atoms with Gasteiger partial charge in [-0.15, -0.1) is 0 Å². The third kappa shape index (κ3) is 5.51. The van der Waals surface area contributed by atoms with Crippen molar-refractivity contribution in [2.24, 2.45) is 5.92 Å². The maximum Gasteiger partial charge on any atom is 0.327 e. The molecule has 1 aliphatic heterocycles. The summed E-state index contributed by atoms with van der Waals surface area (Å²) in [5.41, 5.74) is 1.83. The lowest BCUT2D eigenvalue weighted by Crippen LogP contribution is -2.39. The molecule has 0 spiro atoms. The molecule has 1 saturated heterocycles. The molecule has 0 N–H and O–H groups in total. The van der Waals surface area contributed by atoms with Crippen LogP contribution in [0.1, 0.15) is 35.5 Å². The number of carbonyl (C=O) groups is 2. The van der Waals surface area contributed by atoms with E-state index in [1.165, 1.54) is 17.0 Å². The molecule has 1 fully saturated rings. The number of imidazole rings is 1. The number of nitro groups is 1. The van der Waals surface area contributed by atoms with Gasteiger partial charge in [-0.1, -0.05) is 55.8 Å². The topological polar surface area (TPSA) is 102 Å². The molecule has 1 aromatic heterocycles. The van der Waals surface area contributed by atoms with Crippen LogP contribution in [0, 0.1) is 16.0 Å². The second-order valence-corrected chi connectivity index (χ2v) is 9.45. The van der Waals surface area contributed by atoms with Crippen molar-refractivity contribution in [1.82, 2.24) is 19.4 Å². The molecule has 3 amide bonds. The zero-order chi connectivity index (χ0) is 25.1. The van der Waals surface area contributed by atoms with Gasteiger partial charge in [-0.3, -0.25) is 19.8 Å². The first kappa shape index (κ1) is 24.4. The lowest BCUT2D eigenvalue weighted by Gasteiger charge is -2.24. The number of amides is 3. The molecule has 0 radical (unpaired) electrons. The van der Waals surface area contributed by atoms with Gasteiger partial charge in [0, 0.05) is 37.8 Å². The molecule has 4 rings (SSSR count). The Morgan fingerprint density at radius 3 is 2.63 bits per heavy atom. The van der Waals surface area contributed by atoms with Gasteiger partial charge in [-0.25, -0.2) is 9.78 Å². The van der Waals surface area contributed by atoms with E-state index in [2.05, 4.69) is 4.98 Å². The number of benzene rings is 2. The van der Waals surface area contributed by atoms with E-state index in [-0.39, 0.29) is 34.8 Å². The first-order valence-electron chi connectivity index (χ1n) is 11.3. The molecular formula is C25H26ClN5O4. The van der Waals surface area contributed by atoms with Crippen LogP contribution >= 0.6 is 11.6 Å². The van der Waals surface area contributed by atoms with Crippen LogP contribution in [-0.4, -0.2) is 55.3 Å². The number of imide groups is 1. The van der Waals surface area contributed by atoms with Crippen LogP contribution in [-0.2, 0) is 13.0 Å². The lowest BCUT2D eigenvalue weighted by atomic mass is 10.1. The normalized spacial score (nSPS) is 15.8. The predicted octanol–water partition coefficient (Wildman–Crippen LogP) is 4.64. The van der Waals surface area contributed by atoms with Crippen molar-refractivity contribution in [2.75, 3.05) is 13.1 Å². The molecular weight excluding hydrogens is 470 g/mol. The summed E-state index contributed by atoms with van der Waals surface area (Å²) < 4.78 is 1.99. The molecule has 3 aromatic rings. The van der Waals surface area contributed by atoms with Crippen LogP contribution < -0.4 is 0 Å². The minimum absolute atomic E-state index is 0.0582. The van der Waals surface area contributed by atoms with Crippen molar-refractivity contribution in [3.05, 3.63) is 93.0 Å². The predicted molar refractivity (Wildman–Crippen MR) is 131 cm³/mol. The number of hydrogen-bond acceptors (Lipinski definition) is 5. The highest BCUT2D eigenvalue weighted by Crippen LogP contribution is 2.27. The Kier molecular flexibility index (Phi) is 7.16. The molecule has 182 valence electrons. The van der Waals surface area contributed by atoms with Gasteiger partial charge < -0.3 is 9.47 Å². The second kappa shape index (κ2) is 10.3. The van der Waals surface area contributed by atoms with Crippen molar-refractivity contribution in [1.29, 1.82) is 0 Å². The van der Waals surface area contributed by atoms with Crippen LogP contribution in [0.4, 0.5) is 10.5 Å². The number of aromatic nitrogens is 2. The number of carbonyl (C=O) groups excluding carboxylic acids is 2. The maximum atomic E-state index is 13.2. The minimum atomic E-state index is -0.585. The summed E-state index contributed by atoms with van der Waals surface area (Å²) in [5.74, 6) is -0.365. The largest absolute Gasteiger partial charge is 0.333 e. The zero-order valence-corrected chi connectivity index (χ0v) is 20.3. The number of urea groups is 1. The van der Waals surface area contributed by atoms with Crippen molar-refractivity contribution in [3.63, 3.8) is 0 Å². The molecule has 2 heterocycles.